The summed E-state index contributed by atoms with van der Waals surface area (Å²) in [6, 6.07) is 19.8. The number of aryl methyl sites for hydroxylation is 1. The lowest BCUT2D eigenvalue weighted by molar-refractivity contribution is 0.339. The Kier molecular flexibility index (Phi) is 4.53. The van der Waals surface area contributed by atoms with E-state index in [4.69, 9.17) is 0 Å². The molecule has 0 heteroatoms. The maximum absolute atomic E-state index is 2.31. The molecule has 0 heterocycles. The van der Waals surface area contributed by atoms with Crippen molar-refractivity contribution >= 4 is 0 Å². The lowest BCUT2D eigenvalue weighted by Gasteiger charge is -2.21. The molecule has 0 saturated heterocycles. The van der Waals surface area contributed by atoms with Crippen LogP contribution in [0.25, 0.3) is 11.1 Å². The van der Waals surface area contributed by atoms with Crippen molar-refractivity contribution in [1.29, 1.82) is 0 Å². The second-order valence-electron chi connectivity index (χ2n) is 6.11. The van der Waals surface area contributed by atoms with Crippen LogP contribution in [0.2, 0.25) is 0 Å². The van der Waals surface area contributed by atoms with Crippen molar-refractivity contribution in [3.63, 3.8) is 0 Å². The minimum atomic E-state index is 0.984. The molecule has 2 aromatic rings. The van der Waals surface area contributed by atoms with Crippen LogP contribution >= 0.6 is 0 Å². The van der Waals surface area contributed by atoms with Crippen LogP contribution < -0.4 is 0 Å². The van der Waals surface area contributed by atoms with Crippen LogP contribution in [-0.2, 0) is 6.42 Å². The fourth-order valence-electron chi connectivity index (χ4n) is 3.34. The third-order valence-electron chi connectivity index (χ3n) is 4.63. The molecule has 0 aromatic heterocycles. The predicted molar refractivity (Wildman–Crippen MR) is 86.8 cm³/mol. The number of benzene rings is 2. The zero-order chi connectivity index (χ0) is 13.6. The maximum atomic E-state index is 2.31. The first-order chi connectivity index (χ1) is 9.92. The second-order valence-corrected chi connectivity index (χ2v) is 6.11. The van der Waals surface area contributed by atoms with E-state index in [1.807, 2.05) is 0 Å². The number of hydrogen-bond acceptors (Lipinski definition) is 0. The Morgan fingerprint density at radius 3 is 2.05 bits per heavy atom. The van der Waals surface area contributed by atoms with Gasteiger partial charge < -0.3 is 0 Å². The quantitative estimate of drug-likeness (QED) is 0.648. The maximum Gasteiger partial charge on any atom is -0.0184 e. The summed E-state index contributed by atoms with van der Waals surface area (Å²) in [6.07, 6.45) is 9.92. The fraction of sp³-hybridized carbons (Fsp3) is 0.400. The van der Waals surface area contributed by atoms with Crippen molar-refractivity contribution in [3.05, 3.63) is 60.2 Å². The molecule has 20 heavy (non-hydrogen) atoms. The normalized spacial score (nSPS) is 16.2. The van der Waals surface area contributed by atoms with Crippen molar-refractivity contribution < 1.29 is 0 Å². The van der Waals surface area contributed by atoms with Crippen molar-refractivity contribution in [3.8, 4) is 11.1 Å². The van der Waals surface area contributed by atoms with Crippen LogP contribution in [0, 0.1) is 5.92 Å². The zero-order valence-corrected chi connectivity index (χ0v) is 12.2. The average molecular weight is 264 g/mol. The first-order valence-electron chi connectivity index (χ1n) is 8.06. The Balaban J connectivity index is 1.58. The van der Waals surface area contributed by atoms with Gasteiger partial charge in [0, 0.05) is 0 Å². The first kappa shape index (κ1) is 13.4. The van der Waals surface area contributed by atoms with E-state index in [-0.39, 0.29) is 0 Å². The molecule has 0 N–H and O–H groups in total. The Morgan fingerprint density at radius 1 is 0.700 bits per heavy atom. The van der Waals surface area contributed by atoms with Gasteiger partial charge >= 0.3 is 0 Å². The molecule has 1 fully saturated rings. The van der Waals surface area contributed by atoms with Gasteiger partial charge in [-0.15, -0.1) is 0 Å². The molecule has 0 amide bonds. The molecule has 1 saturated carbocycles. The van der Waals surface area contributed by atoms with Crippen molar-refractivity contribution in [2.45, 2.75) is 44.9 Å². The van der Waals surface area contributed by atoms with Gasteiger partial charge in [0.1, 0.15) is 0 Å². The monoisotopic (exact) mass is 264 g/mol. The summed E-state index contributed by atoms with van der Waals surface area (Å²) in [5.41, 5.74) is 4.13. The summed E-state index contributed by atoms with van der Waals surface area (Å²) in [4.78, 5) is 0. The minimum Gasteiger partial charge on any atom is -0.0622 e. The van der Waals surface area contributed by atoms with E-state index in [1.165, 1.54) is 61.6 Å². The molecule has 0 nitrogen and oxygen atoms in total. The molecule has 0 bridgehead atoms. The van der Waals surface area contributed by atoms with E-state index in [2.05, 4.69) is 54.6 Å². The molecule has 0 unspecified atom stereocenters. The highest BCUT2D eigenvalue weighted by atomic mass is 14.2. The minimum absolute atomic E-state index is 0.984. The van der Waals surface area contributed by atoms with Crippen LogP contribution in [0.15, 0.2) is 54.6 Å². The number of rotatable bonds is 4. The standard InChI is InChI=1S/C20H24/c1-3-7-17(8-4-1)11-12-18-13-15-20(16-14-18)19-9-5-2-6-10-19/h2,5-6,9-10,13-17H,1,3-4,7-8,11-12H2. The SMILES string of the molecule is c1ccc(-c2ccc(CCC3CCCCC3)cc2)cc1. The van der Waals surface area contributed by atoms with E-state index in [1.54, 1.807) is 0 Å². The molecule has 0 spiro atoms. The molecule has 0 atom stereocenters. The number of hydrogen-bond donors (Lipinski definition) is 0. The van der Waals surface area contributed by atoms with Gasteiger partial charge in [0.15, 0.2) is 0 Å². The lowest BCUT2D eigenvalue weighted by Crippen LogP contribution is -2.07. The third kappa shape index (κ3) is 3.50. The molecule has 104 valence electrons. The Bertz CT molecular complexity index is 503. The highest BCUT2D eigenvalue weighted by molar-refractivity contribution is 5.63. The largest absolute Gasteiger partial charge is 0.0622 e. The lowest BCUT2D eigenvalue weighted by atomic mass is 9.85. The van der Waals surface area contributed by atoms with Crippen LogP contribution in [0.5, 0.6) is 0 Å². The molecule has 0 aliphatic heterocycles. The summed E-state index contributed by atoms with van der Waals surface area (Å²) in [5.74, 6) is 0.984. The van der Waals surface area contributed by atoms with Crippen LogP contribution in [-0.4, -0.2) is 0 Å². The molecule has 1 aliphatic rings. The summed E-state index contributed by atoms with van der Waals surface area (Å²) < 4.78 is 0. The van der Waals surface area contributed by atoms with Gasteiger partial charge in [0.2, 0.25) is 0 Å². The van der Waals surface area contributed by atoms with E-state index >= 15 is 0 Å². The molecular weight excluding hydrogens is 240 g/mol. The summed E-state index contributed by atoms with van der Waals surface area (Å²) in [7, 11) is 0. The molecule has 3 rings (SSSR count). The van der Waals surface area contributed by atoms with Gasteiger partial charge in [-0.25, -0.2) is 0 Å². The predicted octanol–water partition coefficient (Wildman–Crippen LogP) is 5.87. The zero-order valence-electron chi connectivity index (χ0n) is 12.2. The van der Waals surface area contributed by atoms with Crippen LogP contribution in [0.3, 0.4) is 0 Å². The molecule has 0 radical (unpaired) electrons. The molecule has 2 aromatic carbocycles. The highest BCUT2D eigenvalue weighted by Crippen LogP contribution is 2.28. The molecule has 1 aliphatic carbocycles. The first-order valence-corrected chi connectivity index (χ1v) is 8.06. The van der Waals surface area contributed by atoms with Gasteiger partial charge in [-0.1, -0.05) is 86.7 Å². The van der Waals surface area contributed by atoms with Gasteiger partial charge in [0.05, 0.1) is 0 Å². The van der Waals surface area contributed by atoms with Gasteiger partial charge in [-0.3, -0.25) is 0 Å². The Hall–Kier alpha value is -1.56. The van der Waals surface area contributed by atoms with E-state index < -0.39 is 0 Å². The Morgan fingerprint density at radius 2 is 1.35 bits per heavy atom. The van der Waals surface area contributed by atoms with Crippen molar-refractivity contribution in [1.82, 2.24) is 0 Å². The van der Waals surface area contributed by atoms with Crippen molar-refractivity contribution in [2.24, 2.45) is 5.92 Å². The van der Waals surface area contributed by atoms with Gasteiger partial charge in [0.25, 0.3) is 0 Å². The topological polar surface area (TPSA) is 0 Å². The summed E-state index contributed by atoms with van der Waals surface area (Å²) in [6.45, 7) is 0. The van der Waals surface area contributed by atoms with Gasteiger partial charge in [-0.05, 0) is 35.4 Å². The average Bonchev–Trinajstić information content (AvgIpc) is 2.55. The van der Waals surface area contributed by atoms with E-state index in [0.717, 1.165) is 5.92 Å². The smallest absolute Gasteiger partial charge is 0.0184 e. The van der Waals surface area contributed by atoms with Crippen LogP contribution in [0.4, 0.5) is 0 Å². The van der Waals surface area contributed by atoms with E-state index in [9.17, 15) is 0 Å². The highest BCUT2D eigenvalue weighted by Gasteiger charge is 2.12. The third-order valence-corrected chi connectivity index (χ3v) is 4.63. The van der Waals surface area contributed by atoms with Crippen molar-refractivity contribution in [2.75, 3.05) is 0 Å². The summed E-state index contributed by atoms with van der Waals surface area (Å²) in [5, 5.41) is 0. The molecular formula is C20H24. The summed E-state index contributed by atoms with van der Waals surface area (Å²) >= 11 is 0. The Labute approximate surface area is 122 Å². The van der Waals surface area contributed by atoms with E-state index in [0.29, 0.717) is 0 Å². The van der Waals surface area contributed by atoms with Gasteiger partial charge in [-0.2, -0.15) is 0 Å². The fourth-order valence-corrected chi connectivity index (χ4v) is 3.34. The second kappa shape index (κ2) is 6.74. The van der Waals surface area contributed by atoms with Crippen LogP contribution in [0.1, 0.15) is 44.1 Å².